The summed E-state index contributed by atoms with van der Waals surface area (Å²) in [5.41, 5.74) is 5.19. The zero-order valence-corrected chi connectivity index (χ0v) is 10.4. The molecule has 0 aliphatic carbocycles. The SMILES string of the molecule is CC(C)(CCOCCCC(F)(F)F)C(N)=S. The highest BCUT2D eigenvalue weighted by Crippen LogP contribution is 2.22. The fourth-order valence-corrected chi connectivity index (χ4v) is 1.03. The molecule has 0 fully saturated rings. The largest absolute Gasteiger partial charge is 0.393 e. The van der Waals surface area contributed by atoms with Gasteiger partial charge < -0.3 is 10.5 Å². The van der Waals surface area contributed by atoms with Crippen LogP contribution >= 0.6 is 12.2 Å². The van der Waals surface area contributed by atoms with Crippen molar-refractivity contribution in [1.29, 1.82) is 0 Å². The summed E-state index contributed by atoms with van der Waals surface area (Å²) >= 11 is 4.85. The number of hydrogen-bond donors (Lipinski definition) is 1. The Morgan fingerprint density at radius 3 is 2.19 bits per heavy atom. The molecule has 0 heterocycles. The summed E-state index contributed by atoms with van der Waals surface area (Å²) in [6, 6.07) is 0. The molecule has 0 aromatic rings. The first-order chi connectivity index (χ1) is 7.15. The van der Waals surface area contributed by atoms with Crippen molar-refractivity contribution in [3.63, 3.8) is 0 Å². The number of hydrogen-bond acceptors (Lipinski definition) is 2. The molecule has 0 aliphatic rings. The molecule has 0 saturated carbocycles. The second-order valence-corrected chi connectivity index (χ2v) is 4.77. The summed E-state index contributed by atoms with van der Waals surface area (Å²) in [6.07, 6.45) is -4.28. The third-order valence-corrected chi connectivity index (χ3v) is 2.84. The molecule has 96 valence electrons. The predicted octanol–water partition coefficient (Wildman–Crippen LogP) is 3.05. The second kappa shape index (κ2) is 6.39. The van der Waals surface area contributed by atoms with Gasteiger partial charge in [0.25, 0.3) is 0 Å². The van der Waals surface area contributed by atoms with Crippen LogP contribution in [0.15, 0.2) is 0 Å². The average Bonchev–Trinajstić information content (AvgIpc) is 2.09. The third-order valence-electron chi connectivity index (χ3n) is 2.29. The van der Waals surface area contributed by atoms with E-state index in [4.69, 9.17) is 22.7 Å². The Morgan fingerprint density at radius 1 is 1.19 bits per heavy atom. The lowest BCUT2D eigenvalue weighted by Crippen LogP contribution is -2.30. The average molecular weight is 257 g/mol. The van der Waals surface area contributed by atoms with E-state index in [1.54, 1.807) is 0 Å². The van der Waals surface area contributed by atoms with Gasteiger partial charge in [-0.05, 0) is 12.8 Å². The molecule has 0 bridgehead atoms. The molecule has 0 saturated heterocycles. The zero-order valence-electron chi connectivity index (χ0n) is 9.56. The Hall–Kier alpha value is -0.360. The van der Waals surface area contributed by atoms with Crippen molar-refractivity contribution in [3.05, 3.63) is 0 Å². The third kappa shape index (κ3) is 7.87. The summed E-state index contributed by atoms with van der Waals surface area (Å²) in [5.74, 6) is 0. The number of nitrogens with two attached hydrogens (primary N) is 1. The summed E-state index contributed by atoms with van der Waals surface area (Å²) in [5, 5.41) is 0. The fourth-order valence-electron chi connectivity index (χ4n) is 0.927. The Bertz CT molecular complexity index is 229. The van der Waals surface area contributed by atoms with Gasteiger partial charge in [0.05, 0.1) is 4.99 Å². The zero-order chi connectivity index (χ0) is 12.8. The van der Waals surface area contributed by atoms with Crippen LogP contribution in [0.3, 0.4) is 0 Å². The maximum Gasteiger partial charge on any atom is 0.389 e. The maximum atomic E-state index is 11.8. The van der Waals surface area contributed by atoms with Gasteiger partial charge in [-0.15, -0.1) is 0 Å². The predicted molar refractivity (Wildman–Crippen MR) is 61.3 cm³/mol. The smallest absolute Gasteiger partial charge is 0.389 e. The molecule has 0 amide bonds. The van der Waals surface area contributed by atoms with Crippen LogP contribution in [0.5, 0.6) is 0 Å². The van der Waals surface area contributed by atoms with Crippen LogP contribution in [0.1, 0.15) is 33.1 Å². The molecule has 0 rings (SSSR count). The van der Waals surface area contributed by atoms with Gasteiger partial charge in [0, 0.05) is 25.0 Å². The van der Waals surface area contributed by atoms with Gasteiger partial charge in [-0.3, -0.25) is 0 Å². The monoisotopic (exact) mass is 257 g/mol. The van der Waals surface area contributed by atoms with Crippen molar-refractivity contribution < 1.29 is 17.9 Å². The Morgan fingerprint density at radius 2 is 1.75 bits per heavy atom. The van der Waals surface area contributed by atoms with Crippen LogP contribution < -0.4 is 5.73 Å². The van der Waals surface area contributed by atoms with E-state index in [0.29, 0.717) is 18.0 Å². The molecular formula is C10H18F3NOS. The Balaban J connectivity index is 3.52. The molecule has 0 spiro atoms. The van der Waals surface area contributed by atoms with E-state index in [2.05, 4.69) is 0 Å². The second-order valence-electron chi connectivity index (χ2n) is 4.33. The molecule has 0 radical (unpaired) electrons. The van der Waals surface area contributed by atoms with Gasteiger partial charge in [0.2, 0.25) is 0 Å². The number of alkyl halides is 3. The molecule has 2 N–H and O–H groups in total. The van der Waals surface area contributed by atoms with Gasteiger partial charge in [0.15, 0.2) is 0 Å². The fraction of sp³-hybridized carbons (Fsp3) is 0.900. The van der Waals surface area contributed by atoms with Crippen molar-refractivity contribution in [3.8, 4) is 0 Å². The van der Waals surface area contributed by atoms with Gasteiger partial charge >= 0.3 is 6.18 Å². The van der Waals surface area contributed by atoms with Gasteiger partial charge in [-0.1, -0.05) is 26.1 Å². The lowest BCUT2D eigenvalue weighted by atomic mass is 9.90. The normalized spacial score (nSPS) is 12.8. The minimum Gasteiger partial charge on any atom is -0.393 e. The van der Waals surface area contributed by atoms with E-state index in [0.717, 1.165) is 0 Å². The van der Waals surface area contributed by atoms with E-state index >= 15 is 0 Å². The van der Waals surface area contributed by atoms with Crippen LogP contribution in [-0.4, -0.2) is 24.4 Å². The standard InChI is InChI=1S/C10H18F3NOS/c1-9(2,8(14)16)5-7-15-6-3-4-10(11,12)13/h3-7H2,1-2H3,(H2,14,16). The van der Waals surface area contributed by atoms with E-state index < -0.39 is 12.6 Å². The molecule has 0 atom stereocenters. The number of thiocarbonyl (C=S) groups is 1. The summed E-state index contributed by atoms with van der Waals surface area (Å²) in [6.45, 7) is 4.26. The highest BCUT2D eigenvalue weighted by Gasteiger charge is 2.26. The first-order valence-corrected chi connectivity index (χ1v) is 5.50. The quantitative estimate of drug-likeness (QED) is 0.562. The summed E-state index contributed by atoms with van der Waals surface area (Å²) in [7, 11) is 0. The lowest BCUT2D eigenvalue weighted by Gasteiger charge is -2.22. The molecule has 6 heteroatoms. The van der Waals surface area contributed by atoms with Crippen molar-refractivity contribution in [2.45, 2.75) is 39.3 Å². The number of ether oxygens (including phenoxy) is 1. The Kier molecular flexibility index (Phi) is 6.25. The van der Waals surface area contributed by atoms with Gasteiger partial charge in [-0.25, -0.2) is 0 Å². The maximum absolute atomic E-state index is 11.8. The van der Waals surface area contributed by atoms with Crippen molar-refractivity contribution in [1.82, 2.24) is 0 Å². The van der Waals surface area contributed by atoms with Gasteiger partial charge in [-0.2, -0.15) is 13.2 Å². The molecular weight excluding hydrogens is 239 g/mol. The van der Waals surface area contributed by atoms with Crippen molar-refractivity contribution in [2.24, 2.45) is 11.1 Å². The molecule has 0 aromatic heterocycles. The first-order valence-electron chi connectivity index (χ1n) is 5.09. The minimum atomic E-state index is -4.10. The number of rotatable bonds is 7. The molecule has 16 heavy (non-hydrogen) atoms. The Labute approximate surface area is 99.3 Å². The summed E-state index contributed by atoms with van der Waals surface area (Å²) in [4.78, 5) is 0.395. The molecule has 0 unspecified atom stereocenters. The van der Waals surface area contributed by atoms with Crippen LogP contribution in [0, 0.1) is 5.41 Å². The van der Waals surface area contributed by atoms with E-state index in [1.807, 2.05) is 13.8 Å². The highest BCUT2D eigenvalue weighted by atomic mass is 32.1. The molecule has 2 nitrogen and oxygen atoms in total. The molecule has 0 aliphatic heterocycles. The van der Waals surface area contributed by atoms with E-state index in [9.17, 15) is 13.2 Å². The minimum absolute atomic E-state index is 0.00298. The van der Waals surface area contributed by atoms with Crippen LogP contribution in [0.2, 0.25) is 0 Å². The van der Waals surface area contributed by atoms with Crippen molar-refractivity contribution >= 4 is 17.2 Å². The summed E-state index contributed by atoms with van der Waals surface area (Å²) < 4.78 is 40.4. The highest BCUT2D eigenvalue weighted by molar-refractivity contribution is 7.80. The van der Waals surface area contributed by atoms with Crippen molar-refractivity contribution in [2.75, 3.05) is 13.2 Å². The van der Waals surface area contributed by atoms with Gasteiger partial charge in [0.1, 0.15) is 0 Å². The van der Waals surface area contributed by atoms with E-state index in [1.165, 1.54) is 0 Å². The van der Waals surface area contributed by atoms with Crippen LogP contribution in [0.4, 0.5) is 13.2 Å². The topological polar surface area (TPSA) is 35.2 Å². The van der Waals surface area contributed by atoms with E-state index in [-0.39, 0.29) is 18.4 Å². The molecule has 0 aromatic carbocycles. The van der Waals surface area contributed by atoms with Crippen LogP contribution in [-0.2, 0) is 4.74 Å². The first kappa shape index (κ1) is 15.6. The van der Waals surface area contributed by atoms with Crippen LogP contribution in [0.25, 0.3) is 0 Å². The number of halogens is 3. The lowest BCUT2D eigenvalue weighted by molar-refractivity contribution is -0.137.